The van der Waals surface area contributed by atoms with Gasteiger partial charge in [-0.15, -0.1) is 0 Å². The van der Waals surface area contributed by atoms with Crippen LogP contribution in [0.25, 0.3) is 0 Å². The maximum Gasteiger partial charge on any atom is 0.340 e. The highest BCUT2D eigenvalue weighted by molar-refractivity contribution is 5.91. The van der Waals surface area contributed by atoms with Gasteiger partial charge in [-0.25, -0.2) is 4.79 Å². The van der Waals surface area contributed by atoms with E-state index in [4.69, 9.17) is 4.74 Å². The Morgan fingerprint density at radius 3 is 2.75 bits per heavy atom. The summed E-state index contributed by atoms with van der Waals surface area (Å²) in [5.41, 5.74) is 0.352. The first-order valence-corrected chi connectivity index (χ1v) is 7.08. The summed E-state index contributed by atoms with van der Waals surface area (Å²) in [6.45, 7) is 1.59. The molecule has 1 aromatic rings. The molecule has 1 aliphatic carbocycles. The van der Waals surface area contributed by atoms with Crippen LogP contribution in [0.2, 0.25) is 0 Å². The van der Waals surface area contributed by atoms with Gasteiger partial charge in [0.15, 0.2) is 6.10 Å². The van der Waals surface area contributed by atoms with E-state index in [1.165, 1.54) is 12.6 Å². The second-order valence-electron chi connectivity index (χ2n) is 5.13. The number of rotatable bonds is 4. The number of esters is 1. The predicted octanol–water partition coefficient (Wildman–Crippen LogP) is 2.08. The van der Waals surface area contributed by atoms with Crippen LogP contribution in [0.4, 0.5) is 0 Å². The molecule has 108 valence electrons. The number of carbonyl (C=O) groups is 2. The molecule has 0 aliphatic heterocycles. The summed E-state index contributed by atoms with van der Waals surface area (Å²) < 4.78 is 5.15. The van der Waals surface area contributed by atoms with E-state index in [-0.39, 0.29) is 11.9 Å². The Labute approximate surface area is 118 Å². The van der Waals surface area contributed by atoms with Crippen LogP contribution in [0.15, 0.2) is 24.5 Å². The maximum atomic E-state index is 12.0. The van der Waals surface area contributed by atoms with E-state index >= 15 is 0 Å². The molecule has 1 fully saturated rings. The molecule has 1 amide bonds. The Kier molecular flexibility index (Phi) is 5.09. The standard InChI is InChI=1S/C15H20N2O3/c1-11(14(18)17-13-7-3-2-4-8-13)20-15(19)12-6-5-9-16-10-12/h5-6,9-11,13H,2-4,7-8H2,1H3,(H,17,18)/t11-/m1/s1. The molecule has 5 heteroatoms. The van der Waals surface area contributed by atoms with E-state index in [9.17, 15) is 9.59 Å². The van der Waals surface area contributed by atoms with Crippen molar-refractivity contribution < 1.29 is 14.3 Å². The van der Waals surface area contributed by atoms with Crippen molar-refractivity contribution in [2.75, 3.05) is 0 Å². The molecule has 1 N–H and O–H groups in total. The van der Waals surface area contributed by atoms with Gasteiger partial charge in [0.1, 0.15) is 0 Å². The van der Waals surface area contributed by atoms with Crippen LogP contribution in [0.3, 0.4) is 0 Å². The van der Waals surface area contributed by atoms with Crippen LogP contribution in [-0.4, -0.2) is 29.0 Å². The molecule has 1 atom stereocenters. The lowest BCUT2D eigenvalue weighted by atomic mass is 9.95. The Morgan fingerprint density at radius 2 is 2.10 bits per heavy atom. The van der Waals surface area contributed by atoms with E-state index in [0.717, 1.165) is 25.7 Å². The average Bonchev–Trinajstić information content (AvgIpc) is 2.49. The third-order valence-corrected chi connectivity index (χ3v) is 3.50. The van der Waals surface area contributed by atoms with Gasteiger partial charge in [-0.1, -0.05) is 19.3 Å². The number of carbonyl (C=O) groups excluding carboxylic acids is 2. The summed E-state index contributed by atoms with van der Waals surface area (Å²) in [4.78, 5) is 27.6. The van der Waals surface area contributed by atoms with E-state index < -0.39 is 12.1 Å². The Hall–Kier alpha value is -1.91. The van der Waals surface area contributed by atoms with Crippen molar-refractivity contribution in [3.8, 4) is 0 Å². The van der Waals surface area contributed by atoms with Crippen molar-refractivity contribution in [1.82, 2.24) is 10.3 Å². The van der Waals surface area contributed by atoms with Gasteiger partial charge in [-0.3, -0.25) is 9.78 Å². The Balaban J connectivity index is 1.83. The molecule has 5 nitrogen and oxygen atoms in total. The summed E-state index contributed by atoms with van der Waals surface area (Å²) in [6.07, 6.45) is 7.76. The fraction of sp³-hybridized carbons (Fsp3) is 0.533. The Bertz CT molecular complexity index is 455. The van der Waals surface area contributed by atoms with Crippen molar-refractivity contribution >= 4 is 11.9 Å². The smallest absolute Gasteiger partial charge is 0.340 e. The lowest BCUT2D eigenvalue weighted by Crippen LogP contribution is -2.42. The molecule has 2 rings (SSSR count). The van der Waals surface area contributed by atoms with Gasteiger partial charge in [0.2, 0.25) is 0 Å². The van der Waals surface area contributed by atoms with Crippen LogP contribution >= 0.6 is 0 Å². The topological polar surface area (TPSA) is 68.3 Å². The molecule has 1 aromatic heterocycles. The zero-order valence-corrected chi connectivity index (χ0v) is 11.7. The molecular weight excluding hydrogens is 256 g/mol. The summed E-state index contributed by atoms with van der Waals surface area (Å²) in [6, 6.07) is 3.49. The second-order valence-corrected chi connectivity index (χ2v) is 5.13. The molecule has 0 aromatic carbocycles. The quantitative estimate of drug-likeness (QED) is 0.855. The fourth-order valence-corrected chi connectivity index (χ4v) is 2.33. The van der Waals surface area contributed by atoms with Crippen LogP contribution in [-0.2, 0) is 9.53 Å². The molecule has 0 unspecified atom stereocenters. The van der Waals surface area contributed by atoms with Crippen LogP contribution in [0, 0.1) is 0 Å². The van der Waals surface area contributed by atoms with Crippen LogP contribution in [0.1, 0.15) is 49.4 Å². The van der Waals surface area contributed by atoms with Crippen molar-refractivity contribution in [1.29, 1.82) is 0 Å². The Morgan fingerprint density at radius 1 is 1.35 bits per heavy atom. The summed E-state index contributed by atoms with van der Waals surface area (Å²) in [5.74, 6) is -0.751. The maximum absolute atomic E-state index is 12.0. The van der Waals surface area contributed by atoms with Crippen LogP contribution < -0.4 is 5.32 Å². The molecule has 0 radical (unpaired) electrons. The highest BCUT2D eigenvalue weighted by atomic mass is 16.5. The third kappa shape index (κ3) is 4.05. The first kappa shape index (κ1) is 14.5. The van der Waals surface area contributed by atoms with Gasteiger partial charge < -0.3 is 10.1 Å². The number of aromatic nitrogens is 1. The van der Waals surface area contributed by atoms with Gasteiger partial charge in [0.25, 0.3) is 5.91 Å². The lowest BCUT2D eigenvalue weighted by Gasteiger charge is -2.24. The molecule has 0 bridgehead atoms. The van der Waals surface area contributed by atoms with Gasteiger partial charge in [0, 0.05) is 18.4 Å². The number of nitrogens with zero attached hydrogens (tertiary/aromatic N) is 1. The van der Waals surface area contributed by atoms with Gasteiger partial charge in [0.05, 0.1) is 5.56 Å². The minimum atomic E-state index is -0.787. The number of hydrogen-bond donors (Lipinski definition) is 1. The summed E-state index contributed by atoms with van der Waals surface area (Å²) >= 11 is 0. The predicted molar refractivity (Wildman–Crippen MR) is 74.1 cm³/mol. The number of hydrogen-bond acceptors (Lipinski definition) is 4. The number of ether oxygens (including phenoxy) is 1. The first-order chi connectivity index (χ1) is 9.66. The lowest BCUT2D eigenvalue weighted by molar-refractivity contribution is -0.130. The number of pyridine rings is 1. The number of amides is 1. The summed E-state index contributed by atoms with van der Waals surface area (Å²) in [5, 5.41) is 2.94. The molecule has 20 heavy (non-hydrogen) atoms. The molecule has 1 aliphatic rings. The molecular formula is C15H20N2O3. The van der Waals surface area contributed by atoms with Gasteiger partial charge in [-0.2, -0.15) is 0 Å². The molecule has 0 spiro atoms. The fourth-order valence-electron chi connectivity index (χ4n) is 2.33. The van der Waals surface area contributed by atoms with E-state index in [1.54, 1.807) is 25.3 Å². The van der Waals surface area contributed by atoms with E-state index in [1.807, 2.05) is 0 Å². The molecule has 1 saturated carbocycles. The zero-order valence-electron chi connectivity index (χ0n) is 11.7. The van der Waals surface area contributed by atoms with Gasteiger partial charge >= 0.3 is 5.97 Å². The first-order valence-electron chi connectivity index (χ1n) is 7.08. The van der Waals surface area contributed by atoms with Crippen molar-refractivity contribution in [2.45, 2.75) is 51.2 Å². The molecule has 0 saturated heterocycles. The highest BCUT2D eigenvalue weighted by Gasteiger charge is 2.22. The van der Waals surface area contributed by atoms with Crippen molar-refractivity contribution in [2.24, 2.45) is 0 Å². The second kappa shape index (κ2) is 7.03. The minimum Gasteiger partial charge on any atom is -0.449 e. The van der Waals surface area contributed by atoms with Gasteiger partial charge in [-0.05, 0) is 31.9 Å². The third-order valence-electron chi connectivity index (χ3n) is 3.50. The SMILES string of the molecule is C[C@@H](OC(=O)c1cccnc1)C(=O)NC1CCCCC1. The number of nitrogens with one attached hydrogen (secondary N) is 1. The largest absolute Gasteiger partial charge is 0.449 e. The highest BCUT2D eigenvalue weighted by Crippen LogP contribution is 2.17. The minimum absolute atomic E-state index is 0.218. The monoisotopic (exact) mass is 276 g/mol. The molecule has 1 heterocycles. The van der Waals surface area contributed by atoms with E-state index in [0.29, 0.717) is 5.56 Å². The van der Waals surface area contributed by atoms with Crippen molar-refractivity contribution in [3.63, 3.8) is 0 Å². The zero-order chi connectivity index (χ0) is 14.4. The van der Waals surface area contributed by atoms with Crippen LogP contribution in [0.5, 0.6) is 0 Å². The van der Waals surface area contributed by atoms with Crippen molar-refractivity contribution in [3.05, 3.63) is 30.1 Å². The average molecular weight is 276 g/mol. The summed E-state index contributed by atoms with van der Waals surface area (Å²) in [7, 11) is 0. The van der Waals surface area contributed by atoms with E-state index in [2.05, 4.69) is 10.3 Å². The normalized spacial score (nSPS) is 17.2.